The first-order chi connectivity index (χ1) is 27.4. The second-order valence-electron chi connectivity index (χ2n) is 14.4. The van der Waals surface area contributed by atoms with E-state index in [-0.39, 0.29) is 19.8 Å². The summed E-state index contributed by atoms with van der Waals surface area (Å²) < 4.78 is 43.7. The van der Waals surface area contributed by atoms with Crippen LogP contribution in [0.15, 0.2) is 0 Å². The molecular formula is C32H57NO25. The van der Waals surface area contributed by atoms with Crippen LogP contribution in [0, 0.1) is 0 Å². The predicted octanol–water partition coefficient (Wildman–Crippen LogP) is -11.5. The zero-order valence-corrected chi connectivity index (χ0v) is 31.1. The van der Waals surface area contributed by atoms with Crippen LogP contribution in [0.25, 0.3) is 0 Å². The summed E-state index contributed by atoms with van der Waals surface area (Å²) in [6, 6.07) is -1.02. The largest absolute Gasteiger partial charge is 0.394 e. The van der Waals surface area contributed by atoms with Gasteiger partial charge in [0.1, 0.15) is 116 Å². The average molecular weight is 856 g/mol. The van der Waals surface area contributed by atoms with Gasteiger partial charge in [-0.1, -0.05) is 0 Å². The second-order valence-corrected chi connectivity index (χ2v) is 14.4. The standard InChI is InChI=1S/C26H45NO20.C6H12O5/c1-7(31)27-8-5-41-11(4-30)22(13(8)32)46-26-21(40)23(47-25-20(39)18(37)15(34)10(3-29)44-25)16(35)12(45-26)6-42-24-19(38)17(36)14(33)9(2-28)43-24;7-1-4-6(10)5(9)3(8)2-11-4/h8-26,28-30,32-40H,2-6H2,1H3,(H,27,31);3-10H,1-2H2/t8-,9+,10+,11+,12+,13+,14+,15+,16+,17-,18-,19-,20-,21-,22+,23-,24-,25+,26-;3-,4-,5-,6-/m01/s1. The van der Waals surface area contributed by atoms with Crippen LogP contribution in [0.4, 0.5) is 0 Å². The lowest BCUT2D eigenvalue weighted by Gasteiger charge is -2.48. The maximum absolute atomic E-state index is 11.6. The number of ether oxygens (including phenoxy) is 8. The Labute approximate surface area is 329 Å². The molecule has 0 aliphatic carbocycles. The second kappa shape index (κ2) is 22.0. The molecule has 5 fully saturated rings. The molecule has 0 unspecified atom stereocenters. The Morgan fingerprint density at radius 2 is 0.966 bits per heavy atom. The maximum Gasteiger partial charge on any atom is 0.217 e. The van der Waals surface area contributed by atoms with Gasteiger partial charge in [-0.15, -0.1) is 0 Å². The lowest BCUT2D eigenvalue weighted by molar-refractivity contribution is -0.376. The van der Waals surface area contributed by atoms with Gasteiger partial charge in [0.2, 0.25) is 5.91 Å². The first-order valence-corrected chi connectivity index (χ1v) is 18.4. The molecule has 58 heavy (non-hydrogen) atoms. The summed E-state index contributed by atoms with van der Waals surface area (Å²) in [7, 11) is 0. The highest BCUT2D eigenvalue weighted by Gasteiger charge is 2.54. The van der Waals surface area contributed by atoms with Crippen LogP contribution in [0.2, 0.25) is 0 Å². The summed E-state index contributed by atoms with van der Waals surface area (Å²) in [4.78, 5) is 11.6. The lowest BCUT2D eigenvalue weighted by atomic mass is 9.95. The molecule has 0 aromatic carbocycles. The number of hydrogen-bond donors (Lipinski definition) is 17. The smallest absolute Gasteiger partial charge is 0.217 e. The molecule has 17 N–H and O–H groups in total. The van der Waals surface area contributed by atoms with E-state index in [0.717, 1.165) is 0 Å². The number of amides is 1. The van der Waals surface area contributed by atoms with Crippen LogP contribution in [0.5, 0.6) is 0 Å². The minimum Gasteiger partial charge on any atom is -0.394 e. The van der Waals surface area contributed by atoms with Crippen molar-refractivity contribution in [1.29, 1.82) is 0 Å². The molecule has 5 saturated heterocycles. The quantitative estimate of drug-likeness (QED) is 0.0866. The number of nitrogens with one attached hydrogen (secondary N) is 1. The molecule has 0 bridgehead atoms. The number of carbonyl (C=O) groups is 1. The minimum atomic E-state index is -1.99. The van der Waals surface area contributed by atoms with Gasteiger partial charge in [0.25, 0.3) is 0 Å². The van der Waals surface area contributed by atoms with Crippen molar-refractivity contribution in [3.8, 4) is 0 Å². The number of aliphatic hydroxyl groups excluding tert-OH is 16. The van der Waals surface area contributed by atoms with E-state index in [0.29, 0.717) is 0 Å². The highest BCUT2D eigenvalue weighted by Crippen LogP contribution is 2.33. The van der Waals surface area contributed by atoms with E-state index in [1.165, 1.54) is 6.92 Å². The van der Waals surface area contributed by atoms with Gasteiger partial charge in [0.05, 0.1) is 52.3 Å². The molecule has 5 heterocycles. The molecule has 26 heteroatoms. The number of aliphatic hydroxyl groups is 16. The van der Waals surface area contributed by atoms with E-state index in [1.807, 2.05) is 0 Å². The molecular weight excluding hydrogens is 798 g/mol. The number of rotatable bonds is 12. The maximum atomic E-state index is 11.6. The van der Waals surface area contributed by atoms with Gasteiger partial charge in [-0.2, -0.15) is 0 Å². The summed E-state index contributed by atoms with van der Waals surface area (Å²) in [6.07, 6.45) is -34.8. The van der Waals surface area contributed by atoms with Gasteiger partial charge in [-0.05, 0) is 0 Å². The molecule has 1 amide bonds. The minimum absolute atomic E-state index is 0.0521. The fourth-order valence-electron chi connectivity index (χ4n) is 6.81. The molecule has 5 aliphatic rings. The molecule has 0 aromatic heterocycles. The van der Waals surface area contributed by atoms with Crippen molar-refractivity contribution in [2.24, 2.45) is 0 Å². The van der Waals surface area contributed by atoms with E-state index in [1.54, 1.807) is 0 Å². The predicted molar refractivity (Wildman–Crippen MR) is 179 cm³/mol. The van der Waals surface area contributed by atoms with Gasteiger partial charge in [0, 0.05) is 6.92 Å². The van der Waals surface area contributed by atoms with Gasteiger partial charge in [-0.3, -0.25) is 4.79 Å². The van der Waals surface area contributed by atoms with E-state index in [9.17, 15) is 66.1 Å². The Morgan fingerprint density at radius 3 is 1.52 bits per heavy atom. The summed E-state index contributed by atoms with van der Waals surface area (Å²) in [5.41, 5.74) is 0. The van der Waals surface area contributed by atoms with Crippen molar-refractivity contribution in [1.82, 2.24) is 5.32 Å². The Balaban J connectivity index is 0.000000583. The highest BCUT2D eigenvalue weighted by atomic mass is 16.8. The van der Waals surface area contributed by atoms with Crippen molar-refractivity contribution in [2.45, 2.75) is 148 Å². The van der Waals surface area contributed by atoms with Crippen molar-refractivity contribution >= 4 is 5.91 Å². The Bertz CT molecular complexity index is 1240. The molecule has 23 atom stereocenters. The van der Waals surface area contributed by atoms with Crippen LogP contribution in [0.1, 0.15) is 6.92 Å². The van der Waals surface area contributed by atoms with Crippen LogP contribution in [-0.2, 0) is 42.7 Å². The average Bonchev–Trinajstić information content (AvgIpc) is 3.20. The van der Waals surface area contributed by atoms with Crippen LogP contribution in [0.3, 0.4) is 0 Å². The van der Waals surface area contributed by atoms with Crippen molar-refractivity contribution in [3.05, 3.63) is 0 Å². The zero-order chi connectivity index (χ0) is 43.2. The van der Waals surface area contributed by atoms with E-state index >= 15 is 0 Å². The van der Waals surface area contributed by atoms with Gasteiger partial charge in [-0.25, -0.2) is 0 Å². The topological polar surface area (TPSA) is 427 Å². The molecule has 0 saturated carbocycles. The summed E-state index contributed by atoms with van der Waals surface area (Å²) in [6.45, 7) is -2.41. The highest BCUT2D eigenvalue weighted by molar-refractivity contribution is 5.73. The summed E-state index contributed by atoms with van der Waals surface area (Å²) in [5.74, 6) is -0.519. The molecule has 26 nitrogen and oxygen atoms in total. The summed E-state index contributed by atoms with van der Waals surface area (Å²) in [5, 5.41) is 162. The Kier molecular flexibility index (Phi) is 18.7. The molecule has 5 aliphatic heterocycles. The molecule has 0 spiro atoms. The monoisotopic (exact) mass is 855 g/mol. The van der Waals surface area contributed by atoms with Crippen LogP contribution >= 0.6 is 0 Å². The first kappa shape index (κ1) is 49.2. The molecule has 0 aromatic rings. The van der Waals surface area contributed by atoms with Crippen molar-refractivity contribution in [2.75, 3.05) is 46.2 Å². The fourth-order valence-corrected chi connectivity index (χ4v) is 6.81. The normalized spacial score (nSPS) is 48.7. The van der Waals surface area contributed by atoms with E-state index in [2.05, 4.69) is 5.32 Å². The van der Waals surface area contributed by atoms with Crippen molar-refractivity contribution < 1.29 is 124 Å². The SMILES string of the molecule is CC(=O)N[C@H]1CO[C@H](CO)[C@@H](O[C@@H]2O[C@H](CO[C@H]3O[C@H](CO)[C@@H](O)[C@H](O)[C@@H]3O)[C@@H](O)[C@H](O[C@H]3O[C@H](CO)[C@@H](O)[C@H](O)[C@@H]3O)[C@@H]2O)[C@@H]1O.OC[C@H]1OC[C@@H](O)[C@@H](O)[C@@H]1O. The Morgan fingerprint density at radius 1 is 0.500 bits per heavy atom. The third kappa shape index (κ3) is 11.3. The van der Waals surface area contributed by atoms with Gasteiger partial charge < -0.3 is 125 Å². The van der Waals surface area contributed by atoms with E-state index < -0.39 is 173 Å². The third-order valence-electron chi connectivity index (χ3n) is 10.3. The van der Waals surface area contributed by atoms with Gasteiger partial charge in [0.15, 0.2) is 18.9 Å². The summed E-state index contributed by atoms with van der Waals surface area (Å²) >= 11 is 0. The van der Waals surface area contributed by atoms with E-state index in [4.69, 9.17) is 58.3 Å². The van der Waals surface area contributed by atoms with Crippen LogP contribution in [-0.4, -0.2) is 275 Å². The molecule has 340 valence electrons. The van der Waals surface area contributed by atoms with Crippen LogP contribution < -0.4 is 5.32 Å². The molecule has 5 rings (SSSR count). The lowest BCUT2D eigenvalue weighted by Crippen LogP contribution is -2.67. The Hall–Kier alpha value is -1.49. The third-order valence-corrected chi connectivity index (χ3v) is 10.3. The number of carbonyl (C=O) groups excluding carboxylic acids is 1. The molecule has 0 radical (unpaired) electrons. The van der Waals surface area contributed by atoms with Gasteiger partial charge >= 0.3 is 0 Å². The fraction of sp³-hybridized carbons (Fsp3) is 0.969. The van der Waals surface area contributed by atoms with Crippen molar-refractivity contribution in [3.63, 3.8) is 0 Å². The number of hydrogen-bond acceptors (Lipinski definition) is 25. The zero-order valence-electron chi connectivity index (χ0n) is 31.1. The first-order valence-electron chi connectivity index (χ1n) is 18.4.